The number of sulfonamides is 1. The van der Waals surface area contributed by atoms with Gasteiger partial charge in [0.2, 0.25) is 5.91 Å². The molecule has 0 aromatic carbocycles. The number of piperazine rings is 1. The molecular weight excluding hydrogens is 432 g/mol. The highest BCUT2D eigenvalue weighted by Crippen LogP contribution is 2.23. The van der Waals surface area contributed by atoms with Gasteiger partial charge in [-0.25, -0.2) is 8.42 Å². The van der Waals surface area contributed by atoms with Gasteiger partial charge in [0.1, 0.15) is 10.3 Å². The van der Waals surface area contributed by atoms with Crippen LogP contribution in [0, 0.1) is 5.92 Å². The molecule has 1 saturated carbocycles. The fourth-order valence-electron chi connectivity index (χ4n) is 4.56. The molecule has 1 atom stereocenters. The number of thiophene rings is 1. The highest BCUT2D eigenvalue weighted by atomic mass is 32.2. The second kappa shape index (κ2) is 11.7. The number of nitrogens with one attached hydrogen (secondary N) is 2. The van der Waals surface area contributed by atoms with E-state index in [0.29, 0.717) is 6.54 Å². The van der Waals surface area contributed by atoms with E-state index in [1.54, 1.807) is 17.5 Å². The average molecular weight is 471 g/mol. The fourth-order valence-corrected chi connectivity index (χ4v) is 6.91. The van der Waals surface area contributed by atoms with Crippen molar-refractivity contribution in [3.8, 4) is 0 Å². The van der Waals surface area contributed by atoms with Crippen molar-refractivity contribution in [1.82, 2.24) is 19.8 Å². The molecule has 0 radical (unpaired) electrons. The molecular formula is C22H38N4O3S2. The normalized spacial score (nSPS) is 20.7. The maximum absolute atomic E-state index is 12.6. The summed E-state index contributed by atoms with van der Waals surface area (Å²) < 4.78 is 27.8. The molecule has 3 rings (SSSR count). The van der Waals surface area contributed by atoms with Gasteiger partial charge in [-0.05, 0) is 43.2 Å². The van der Waals surface area contributed by atoms with Crippen molar-refractivity contribution in [3.63, 3.8) is 0 Å². The van der Waals surface area contributed by atoms with Crippen molar-refractivity contribution in [2.45, 2.75) is 68.7 Å². The first-order chi connectivity index (χ1) is 14.9. The molecule has 1 unspecified atom stereocenters. The molecule has 0 bridgehead atoms. The Kier molecular flexibility index (Phi) is 9.33. The van der Waals surface area contributed by atoms with Crippen LogP contribution in [0.1, 0.15) is 52.4 Å². The smallest absolute Gasteiger partial charge is 0.250 e. The number of carbonyl (C=O) groups is 1. The van der Waals surface area contributed by atoms with Crippen LogP contribution in [0.5, 0.6) is 0 Å². The first kappa shape index (κ1) is 24.6. The predicted octanol–water partition coefficient (Wildman–Crippen LogP) is 2.51. The Morgan fingerprint density at radius 2 is 1.87 bits per heavy atom. The zero-order valence-corrected chi connectivity index (χ0v) is 20.5. The third-order valence-electron chi connectivity index (χ3n) is 6.44. The fraction of sp³-hybridized carbons (Fsp3) is 0.773. The van der Waals surface area contributed by atoms with E-state index in [-0.39, 0.29) is 16.0 Å². The van der Waals surface area contributed by atoms with Gasteiger partial charge in [0.05, 0.1) is 0 Å². The van der Waals surface area contributed by atoms with Crippen LogP contribution < -0.4 is 10.0 Å². The van der Waals surface area contributed by atoms with E-state index in [1.165, 1.54) is 32.1 Å². The summed E-state index contributed by atoms with van der Waals surface area (Å²) in [5.74, 6) is -0.389. The third kappa shape index (κ3) is 7.25. The second-order valence-corrected chi connectivity index (χ2v) is 12.0. The minimum Gasteiger partial charge on any atom is -0.355 e. The first-order valence-corrected chi connectivity index (χ1v) is 14.0. The Morgan fingerprint density at radius 3 is 2.48 bits per heavy atom. The third-order valence-corrected chi connectivity index (χ3v) is 9.28. The van der Waals surface area contributed by atoms with Gasteiger partial charge in [-0.2, -0.15) is 4.72 Å². The van der Waals surface area contributed by atoms with E-state index in [2.05, 4.69) is 19.8 Å². The van der Waals surface area contributed by atoms with Crippen molar-refractivity contribution in [1.29, 1.82) is 0 Å². The molecule has 1 aliphatic carbocycles. The van der Waals surface area contributed by atoms with Gasteiger partial charge in [-0.1, -0.05) is 39.2 Å². The van der Waals surface area contributed by atoms with Gasteiger partial charge in [0.25, 0.3) is 10.0 Å². The Balaban J connectivity index is 1.37. The van der Waals surface area contributed by atoms with E-state index in [4.69, 9.17) is 0 Å². The summed E-state index contributed by atoms with van der Waals surface area (Å²) in [4.78, 5) is 17.8. The van der Waals surface area contributed by atoms with Crippen molar-refractivity contribution >= 4 is 27.3 Å². The highest BCUT2D eigenvalue weighted by molar-refractivity contribution is 7.91. The maximum Gasteiger partial charge on any atom is 0.250 e. The van der Waals surface area contributed by atoms with Crippen molar-refractivity contribution < 1.29 is 13.2 Å². The predicted molar refractivity (Wildman–Crippen MR) is 126 cm³/mol. The van der Waals surface area contributed by atoms with Crippen molar-refractivity contribution in [3.05, 3.63) is 17.5 Å². The Hall–Kier alpha value is -1.00. The minimum absolute atomic E-state index is 0.136. The van der Waals surface area contributed by atoms with Crippen LogP contribution in [0.3, 0.4) is 0 Å². The van der Waals surface area contributed by atoms with Crippen LogP contribution in [0.2, 0.25) is 0 Å². The molecule has 1 saturated heterocycles. The molecule has 31 heavy (non-hydrogen) atoms. The van der Waals surface area contributed by atoms with Gasteiger partial charge in [0, 0.05) is 38.8 Å². The lowest BCUT2D eigenvalue weighted by Crippen LogP contribution is -2.51. The lowest BCUT2D eigenvalue weighted by molar-refractivity contribution is -0.123. The van der Waals surface area contributed by atoms with Crippen LogP contribution in [0.25, 0.3) is 0 Å². The summed E-state index contributed by atoms with van der Waals surface area (Å²) in [6.45, 7) is 9.73. The van der Waals surface area contributed by atoms with E-state index < -0.39 is 16.1 Å². The topological polar surface area (TPSA) is 81.7 Å². The molecule has 2 heterocycles. The molecule has 1 aromatic rings. The lowest BCUT2D eigenvalue weighted by atomic mass is 9.94. The molecule has 2 aliphatic rings. The molecule has 7 nitrogen and oxygen atoms in total. The van der Waals surface area contributed by atoms with E-state index >= 15 is 0 Å². The second-order valence-electron chi connectivity index (χ2n) is 9.09. The minimum atomic E-state index is -3.67. The van der Waals surface area contributed by atoms with Gasteiger partial charge >= 0.3 is 0 Å². The quantitative estimate of drug-likeness (QED) is 0.514. The number of hydrogen-bond acceptors (Lipinski definition) is 6. The van der Waals surface area contributed by atoms with Crippen molar-refractivity contribution in [2.24, 2.45) is 5.92 Å². The van der Waals surface area contributed by atoms with Crippen LogP contribution in [0.15, 0.2) is 21.7 Å². The summed E-state index contributed by atoms with van der Waals surface area (Å²) in [6, 6.07) is 3.27. The van der Waals surface area contributed by atoms with Crippen LogP contribution >= 0.6 is 11.3 Å². The SMILES string of the molecule is CC(C)C(NS(=O)(=O)c1cccs1)C(=O)NCCCN1CCN(C2CCCCC2)CC1. The van der Waals surface area contributed by atoms with E-state index in [1.807, 2.05) is 13.8 Å². The van der Waals surface area contributed by atoms with E-state index in [9.17, 15) is 13.2 Å². The standard InChI is InChI=1S/C22H38N4O3S2/c1-18(2)21(24-31(28,29)20-10-6-17-30-20)22(27)23-11-7-12-25-13-15-26(16-14-25)19-8-4-3-5-9-19/h6,10,17-19,21,24H,3-5,7-9,11-16H2,1-2H3,(H,23,27). The van der Waals surface area contributed by atoms with Gasteiger partial charge in [-0.3, -0.25) is 9.69 Å². The number of nitrogens with zero attached hydrogens (tertiary/aromatic N) is 2. The summed E-state index contributed by atoms with van der Waals surface area (Å²) in [5, 5.41) is 4.65. The number of amides is 1. The largest absolute Gasteiger partial charge is 0.355 e. The Bertz CT molecular complexity index is 769. The Morgan fingerprint density at radius 1 is 1.16 bits per heavy atom. The highest BCUT2D eigenvalue weighted by Gasteiger charge is 2.29. The van der Waals surface area contributed by atoms with E-state index in [0.717, 1.165) is 56.5 Å². The molecule has 1 aliphatic heterocycles. The maximum atomic E-state index is 12.6. The molecule has 2 fully saturated rings. The zero-order valence-electron chi connectivity index (χ0n) is 18.9. The van der Waals surface area contributed by atoms with Gasteiger partial charge in [0.15, 0.2) is 0 Å². The van der Waals surface area contributed by atoms with Crippen molar-refractivity contribution in [2.75, 3.05) is 39.3 Å². The lowest BCUT2D eigenvalue weighted by Gasteiger charge is -2.40. The summed E-state index contributed by atoms with van der Waals surface area (Å²) in [6.07, 6.45) is 7.75. The number of hydrogen-bond donors (Lipinski definition) is 2. The summed E-state index contributed by atoms with van der Waals surface area (Å²) >= 11 is 1.15. The molecule has 1 aromatic heterocycles. The van der Waals surface area contributed by atoms with Gasteiger partial charge in [-0.15, -0.1) is 11.3 Å². The number of rotatable bonds is 10. The summed E-state index contributed by atoms with van der Waals surface area (Å²) in [5.41, 5.74) is 0. The monoisotopic (exact) mass is 470 g/mol. The number of carbonyl (C=O) groups excluding carboxylic acids is 1. The van der Waals surface area contributed by atoms with Crippen LogP contribution in [-0.2, 0) is 14.8 Å². The van der Waals surface area contributed by atoms with Gasteiger partial charge < -0.3 is 10.2 Å². The molecule has 0 spiro atoms. The van der Waals surface area contributed by atoms with Crippen LogP contribution in [-0.4, -0.2) is 75.5 Å². The summed E-state index contributed by atoms with van der Waals surface area (Å²) in [7, 11) is -3.67. The Labute approximate surface area is 191 Å². The molecule has 9 heteroatoms. The molecule has 176 valence electrons. The molecule has 1 amide bonds. The molecule has 2 N–H and O–H groups in total. The zero-order chi connectivity index (χ0) is 22.3. The van der Waals surface area contributed by atoms with Crippen LogP contribution in [0.4, 0.5) is 0 Å². The first-order valence-electron chi connectivity index (χ1n) is 11.7. The average Bonchev–Trinajstić information content (AvgIpc) is 3.32.